The number of hydrogen-bond acceptors (Lipinski definition) is 5. The normalized spacial score (nSPS) is 9.41. The maximum atomic E-state index is 11.2. The van der Waals surface area contributed by atoms with E-state index in [9.17, 15) is 14.4 Å². The molecule has 0 bridgehead atoms. The second-order valence-corrected chi connectivity index (χ2v) is 4.31. The highest BCUT2D eigenvalue weighted by Crippen LogP contribution is 2.03. The lowest BCUT2D eigenvalue weighted by molar-refractivity contribution is -0.139. The number of carbonyl (C=O) groups excluding carboxylic acids is 2. The van der Waals surface area contributed by atoms with Crippen molar-refractivity contribution in [3.05, 3.63) is 36.5 Å². The SMILES string of the molecule is C=C(C)C(=O)OC.C=C(CC=CC(=O)O)C(=O)OCCCC. The van der Waals surface area contributed by atoms with Gasteiger partial charge in [0.05, 0.1) is 13.7 Å². The van der Waals surface area contributed by atoms with Gasteiger partial charge in [0.1, 0.15) is 0 Å². The summed E-state index contributed by atoms with van der Waals surface area (Å²) in [6.45, 7) is 10.9. The Labute approximate surface area is 131 Å². The third-order valence-corrected chi connectivity index (χ3v) is 2.18. The number of allylic oxidation sites excluding steroid dienone is 1. The summed E-state index contributed by atoms with van der Waals surface area (Å²) in [5.41, 5.74) is 0.700. The zero-order chi connectivity index (χ0) is 17.5. The second kappa shape index (κ2) is 13.6. The van der Waals surface area contributed by atoms with Crippen molar-refractivity contribution in [2.45, 2.75) is 33.1 Å². The van der Waals surface area contributed by atoms with Gasteiger partial charge in [0, 0.05) is 17.2 Å². The molecule has 0 aliphatic heterocycles. The molecule has 0 aliphatic rings. The van der Waals surface area contributed by atoms with E-state index >= 15 is 0 Å². The van der Waals surface area contributed by atoms with Crippen LogP contribution in [0.15, 0.2) is 36.5 Å². The Morgan fingerprint density at radius 2 is 1.77 bits per heavy atom. The molecule has 6 heteroatoms. The summed E-state index contributed by atoms with van der Waals surface area (Å²) >= 11 is 0. The zero-order valence-corrected chi connectivity index (χ0v) is 13.4. The van der Waals surface area contributed by atoms with E-state index in [4.69, 9.17) is 9.84 Å². The number of aliphatic carboxylic acids is 1. The molecule has 0 spiro atoms. The Bertz CT molecular complexity index is 434. The molecule has 0 atom stereocenters. The van der Waals surface area contributed by atoms with Crippen molar-refractivity contribution in [3.8, 4) is 0 Å². The molecule has 0 aromatic heterocycles. The Morgan fingerprint density at radius 3 is 2.14 bits per heavy atom. The van der Waals surface area contributed by atoms with E-state index in [1.165, 1.54) is 13.2 Å². The van der Waals surface area contributed by atoms with Gasteiger partial charge in [0.25, 0.3) is 0 Å². The van der Waals surface area contributed by atoms with Crippen LogP contribution in [0, 0.1) is 0 Å². The average Bonchev–Trinajstić information content (AvgIpc) is 2.46. The minimum Gasteiger partial charge on any atom is -0.478 e. The minimum atomic E-state index is -1.04. The van der Waals surface area contributed by atoms with Gasteiger partial charge >= 0.3 is 17.9 Å². The summed E-state index contributed by atoms with van der Waals surface area (Å²) in [6, 6.07) is 0. The van der Waals surface area contributed by atoms with Crippen molar-refractivity contribution in [2.75, 3.05) is 13.7 Å². The quantitative estimate of drug-likeness (QED) is 0.421. The van der Waals surface area contributed by atoms with Crippen molar-refractivity contribution in [3.63, 3.8) is 0 Å². The van der Waals surface area contributed by atoms with Gasteiger partial charge in [-0.25, -0.2) is 14.4 Å². The summed E-state index contributed by atoms with van der Waals surface area (Å²) < 4.78 is 9.16. The molecule has 0 fully saturated rings. The number of carbonyl (C=O) groups is 3. The third-order valence-electron chi connectivity index (χ3n) is 2.18. The van der Waals surface area contributed by atoms with E-state index in [2.05, 4.69) is 17.9 Å². The Balaban J connectivity index is 0. The van der Waals surface area contributed by atoms with Gasteiger partial charge in [-0.15, -0.1) is 0 Å². The number of hydrogen-bond donors (Lipinski definition) is 1. The van der Waals surface area contributed by atoms with Crippen LogP contribution in [0.3, 0.4) is 0 Å². The van der Waals surface area contributed by atoms with Gasteiger partial charge < -0.3 is 14.6 Å². The molecule has 0 saturated heterocycles. The molecule has 124 valence electrons. The van der Waals surface area contributed by atoms with Crippen molar-refractivity contribution < 1.29 is 29.0 Å². The largest absolute Gasteiger partial charge is 0.478 e. The first kappa shape index (κ1) is 21.9. The van der Waals surface area contributed by atoms with Gasteiger partial charge in [-0.2, -0.15) is 0 Å². The van der Waals surface area contributed by atoms with Crippen LogP contribution in [-0.4, -0.2) is 36.7 Å². The minimum absolute atomic E-state index is 0.206. The molecular formula is C16H24O6. The topological polar surface area (TPSA) is 89.9 Å². The Kier molecular flexibility index (Phi) is 13.6. The molecule has 0 aromatic rings. The van der Waals surface area contributed by atoms with Crippen LogP contribution in [-0.2, 0) is 23.9 Å². The fourth-order valence-electron chi connectivity index (χ4n) is 0.971. The van der Waals surface area contributed by atoms with E-state index in [1.807, 2.05) is 6.92 Å². The van der Waals surface area contributed by atoms with Crippen LogP contribution in [0.25, 0.3) is 0 Å². The van der Waals surface area contributed by atoms with Crippen molar-refractivity contribution in [2.24, 2.45) is 0 Å². The van der Waals surface area contributed by atoms with Crippen molar-refractivity contribution in [1.29, 1.82) is 0 Å². The number of rotatable bonds is 8. The van der Waals surface area contributed by atoms with Crippen molar-refractivity contribution >= 4 is 17.9 Å². The highest BCUT2D eigenvalue weighted by molar-refractivity contribution is 5.88. The van der Waals surface area contributed by atoms with Gasteiger partial charge in [-0.05, 0) is 19.8 Å². The van der Waals surface area contributed by atoms with Crippen LogP contribution in [0.1, 0.15) is 33.1 Å². The number of ether oxygens (including phenoxy) is 2. The average molecular weight is 312 g/mol. The molecule has 0 aromatic carbocycles. The molecule has 1 N–H and O–H groups in total. The number of esters is 2. The lowest BCUT2D eigenvalue weighted by Gasteiger charge is -2.03. The first-order valence-electron chi connectivity index (χ1n) is 6.74. The molecule has 0 radical (unpaired) electrons. The van der Waals surface area contributed by atoms with Crippen LogP contribution < -0.4 is 0 Å². The summed E-state index contributed by atoms with van der Waals surface area (Å²) in [7, 11) is 1.33. The molecule has 0 amide bonds. The first-order valence-corrected chi connectivity index (χ1v) is 6.74. The van der Waals surface area contributed by atoms with Crippen LogP contribution in [0.4, 0.5) is 0 Å². The highest BCUT2D eigenvalue weighted by Gasteiger charge is 2.06. The Morgan fingerprint density at radius 1 is 1.18 bits per heavy atom. The van der Waals surface area contributed by atoms with Gasteiger partial charge in [-0.3, -0.25) is 0 Å². The lowest BCUT2D eigenvalue weighted by Crippen LogP contribution is -2.07. The zero-order valence-electron chi connectivity index (χ0n) is 13.4. The van der Waals surface area contributed by atoms with Crippen LogP contribution >= 0.6 is 0 Å². The Hall–Kier alpha value is -2.37. The van der Waals surface area contributed by atoms with Crippen LogP contribution in [0.2, 0.25) is 0 Å². The monoisotopic (exact) mass is 312 g/mol. The fourth-order valence-corrected chi connectivity index (χ4v) is 0.971. The number of carboxylic acids is 1. The van der Waals surface area contributed by atoms with Crippen molar-refractivity contribution in [1.82, 2.24) is 0 Å². The predicted molar refractivity (Wildman–Crippen MR) is 83.2 cm³/mol. The summed E-state index contributed by atoms with van der Waals surface area (Å²) in [6.07, 6.45) is 4.33. The molecule has 0 rings (SSSR count). The number of carboxylic acid groups (broad SMARTS) is 1. The molecule has 0 unspecified atom stereocenters. The first-order chi connectivity index (χ1) is 10.3. The summed E-state index contributed by atoms with van der Waals surface area (Å²) in [5, 5.41) is 8.31. The van der Waals surface area contributed by atoms with Gasteiger partial charge in [-0.1, -0.05) is 32.6 Å². The van der Waals surface area contributed by atoms with E-state index in [1.54, 1.807) is 6.92 Å². The maximum absolute atomic E-state index is 11.2. The highest BCUT2D eigenvalue weighted by atomic mass is 16.5. The van der Waals surface area contributed by atoms with E-state index in [-0.39, 0.29) is 18.0 Å². The lowest BCUT2D eigenvalue weighted by atomic mass is 10.2. The standard InChI is InChI=1S/C11H16O4.C5H8O2/c1-3-4-8-15-11(14)9(2)6-5-7-10(12)13;1-4(2)5(6)7-3/h5,7H,2-4,6,8H2,1H3,(H,12,13);1H2,2-3H3. The summed E-state index contributed by atoms with van der Waals surface area (Å²) in [4.78, 5) is 31.5. The van der Waals surface area contributed by atoms with E-state index in [0.717, 1.165) is 18.9 Å². The molecular weight excluding hydrogens is 288 g/mol. The maximum Gasteiger partial charge on any atom is 0.333 e. The van der Waals surface area contributed by atoms with Gasteiger partial charge in [0.2, 0.25) is 0 Å². The third kappa shape index (κ3) is 14.0. The molecule has 0 heterocycles. The van der Waals surface area contributed by atoms with Gasteiger partial charge in [0.15, 0.2) is 0 Å². The second-order valence-electron chi connectivity index (χ2n) is 4.31. The van der Waals surface area contributed by atoms with Crippen LogP contribution in [0.5, 0.6) is 0 Å². The van der Waals surface area contributed by atoms with E-state index in [0.29, 0.717) is 12.2 Å². The number of unbranched alkanes of at least 4 members (excludes halogenated alkanes) is 1. The number of methoxy groups -OCH3 is 1. The molecule has 0 aliphatic carbocycles. The predicted octanol–water partition coefficient (Wildman–Crippen LogP) is 2.65. The molecule has 22 heavy (non-hydrogen) atoms. The fraction of sp³-hybridized carbons (Fsp3) is 0.438. The van der Waals surface area contributed by atoms with E-state index < -0.39 is 11.9 Å². The smallest absolute Gasteiger partial charge is 0.333 e. The molecule has 0 saturated carbocycles. The summed E-state index contributed by atoms with van der Waals surface area (Å²) in [5.74, 6) is -1.85. The molecule has 6 nitrogen and oxygen atoms in total.